The van der Waals surface area contributed by atoms with Crippen LogP contribution in [0.3, 0.4) is 0 Å². The van der Waals surface area contributed by atoms with Crippen LogP contribution in [0, 0.1) is 0 Å². The number of benzene rings is 4. The van der Waals surface area contributed by atoms with E-state index in [0.29, 0.717) is 18.6 Å². The van der Waals surface area contributed by atoms with E-state index in [1.165, 1.54) is 0 Å². The van der Waals surface area contributed by atoms with Gasteiger partial charge in [0.05, 0.1) is 7.11 Å². The first-order valence-electron chi connectivity index (χ1n) is 12.4. The number of hydrogen-bond acceptors (Lipinski definition) is 3. The average Bonchev–Trinajstić information content (AvgIpc) is 2.92. The van der Waals surface area contributed by atoms with Gasteiger partial charge in [0.25, 0.3) is 0 Å². The van der Waals surface area contributed by atoms with Crippen LogP contribution < -0.4 is 9.64 Å². The van der Waals surface area contributed by atoms with Crippen molar-refractivity contribution in [1.82, 2.24) is 0 Å². The molecule has 4 heteroatoms. The summed E-state index contributed by atoms with van der Waals surface area (Å²) in [6.07, 6.45) is 1.30. The standard InChI is InChI=1S/C32H27NO3/c1-36-30-14-8-7-13-26(30)27-20-31(35)33(25-16-15-22-11-5-6-12-23(22)17-25)28-18-24(19-29(34)32(27)28)21-9-3-2-4-10-21/h2-17,24,27H,18-20H2,1H3. The van der Waals surface area contributed by atoms with Crippen LogP contribution in [0.4, 0.5) is 5.69 Å². The van der Waals surface area contributed by atoms with E-state index < -0.39 is 0 Å². The lowest BCUT2D eigenvalue weighted by Crippen LogP contribution is -2.41. The minimum atomic E-state index is -0.315. The zero-order chi connectivity index (χ0) is 24.6. The predicted octanol–water partition coefficient (Wildman–Crippen LogP) is 6.77. The Bertz CT molecular complexity index is 1500. The molecule has 0 N–H and O–H groups in total. The molecule has 0 saturated carbocycles. The molecule has 4 aromatic rings. The van der Waals surface area contributed by atoms with Gasteiger partial charge in [-0.3, -0.25) is 14.5 Å². The van der Waals surface area contributed by atoms with Gasteiger partial charge in [0.1, 0.15) is 5.75 Å². The van der Waals surface area contributed by atoms with Gasteiger partial charge >= 0.3 is 0 Å². The van der Waals surface area contributed by atoms with Gasteiger partial charge in [0.2, 0.25) is 5.91 Å². The summed E-state index contributed by atoms with van der Waals surface area (Å²) >= 11 is 0. The molecule has 1 aliphatic carbocycles. The minimum absolute atomic E-state index is 0.00134. The molecule has 36 heavy (non-hydrogen) atoms. The quantitative estimate of drug-likeness (QED) is 0.329. The second kappa shape index (κ2) is 9.12. The molecule has 6 rings (SSSR count). The highest BCUT2D eigenvalue weighted by Gasteiger charge is 2.43. The number of para-hydroxylation sites is 1. The summed E-state index contributed by atoms with van der Waals surface area (Å²) in [6.45, 7) is 0. The number of rotatable bonds is 4. The Kier molecular flexibility index (Phi) is 5.65. The van der Waals surface area contributed by atoms with Crippen molar-refractivity contribution >= 4 is 28.2 Å². The smallest absolute Gasteiger partial charge is 0.232 e. The molecule has 0 saturated heterocycles. The van der Waals surface area contributed by atoms with Crippen molar-refractivity contribution in [1.29, 1.82) is 0 Å². The minimum Gasteiger partial charge on any atom is -0.496 e. The topological polar surface area (TPSA) is 46.6 Å². The number of ketones is 1. The number of amides is 1. The van der Waals surface area contributed by atoms with Crippen molar-refractivity contribution in [2.75, 3.05) is 12.0 Å². The van der Waals surface area contributed by atoms with Gasteiger partial charge in [-0.15, -0.1) is 0 Å². The lowest BCUT2D eigenvalue weighted by Gasteiger charge is -2.40. The first kappa shape index (κ1) is 22.3. The Morgan fingerprint density at radius 3 is 2.28 bits per heavy atom. The van der Waals surface area contributed by atoms with Gasteiger partial charge in [-0.05, 0) is 46.9 Å². The number of Topliss-reactive ketones (excluding diaryl/α,β-unsaturated/α-hetero) is 1. The van der Waals surface area contributed by atoms with Crippen LogP contribution in [0.25, 0.3) is 10.8 Å². The molecule has 2 aliphatic rings. The number of carbonyl (C=O) groups excluding carboxylic acids is 2. The van der Waals surface area contributed by atoms with Crippen LogP contribution >= 0.6 is 0 Å². The zero-order valence-corrected chi connectivity index (χ0v) is 20.2. The van der Waals surface area contributed by atoms with E-state index >= 15 is 0 Å². The number of nitrogens with zero attached hydrogens (tertiary/aromatic N) is 1. The van der Waals surface area contributed by atoms with E-state index in [0.717, 1.165) is 38.9 Å². The first-order chi connectivity index (χ1) is 17.6. The normalized spacial score (nSPS) is 20.0. The summed E-state index contributed by atoms with van der Waals surface area (Å²) in [4.78, 5) is 29.5. The molecule has 1 amide bonds. The Morgan fingerprint density at radius 2 is 1.47 bits per heavy atom. The van der Waals surface area contributed by atoms with Crippen molar-refractivity contribution in [3.8, 4) is 5.75 Å². The van der Waals surface area contributed by atoms with E-state index in [4.69, 9.17) is 4.74 Å². The Balaban J connectivity index is 1.53. The highest BCUT2D eigenvalue weighted by atomic mass is 16.5. The molecule has 0 spiro atoms. The fourth-order valence-electron chi connectivity index (χ4n) is 5.83. The van der Waals surface area contributed by atoms with Crippen molar-refractivity contribution in [3.63, 3.8) is 0 Å². The first-order valence-corrected chi connectivity index (χ1v) is 12.4. The summed E-state index contributed by atoms with van der Waals surface area (Å²) in [5, 5.41) is 2.19. The average molecular weight is 474 g/mol. The summed E-state index contributed by atoms with van der Waals surface area (Å²) in [6, 6.07) is 32.1. The summed E-state index contributed by atoms with van der Waals surface area (Å²) in [5.41, 5.74) is 4.40. The predicted molar refractivity (Wildman–Crippen MR) is 142 cm³/mol. The van der Waals surface area contributed by atoms with Crippen LogP contribution in [0.15, 0.2) is 108 Å². The van der Waals surface area contributed by atoms with E-state index in [-0.39, 0.29) is 29.9 Å². The fraction of sp³-hybridized carbons (Fsp3) is 0.188. The molecule has 0 fully saturated rings. The van der Waals surface area contributed by atoms with Crippen LogP contribution in [-0.4, -0.2) is 18.8 Å². The number of allylic oxidation sites excluding steroid dienone is 2. The third-order valence-corrected chi connectivity index (χ3v) is 7.51. The molecule has 2 atom stereocenters. The van der Waals surface area contributed by atoms with Crippen LogP contribution in [0.5, 0.6) is 5.75 Å². The molecule has 1 heterocycles. The van der Waals surface area contributed by atoms with Crippen molar-refractivity contribution in [3.05, 3.63) is 119 Å². The second-order valence-corrected chi connectivity index (χ2v) is 9.56. The van der Waals surface area contributed by atoms with E-state index in [1.807, 2.05) is 66.7 Å². The molecule has 0 radical (unpaired) electrons. The van der Waals surface area contributed by atoms with Gasteiger partial charge in [-0.25, -0.2) is 0 Å². The molecule has 178 valence electrons. The SMILES string of the molecule is COc1ccccc1C1CC(=O)N(c2ccc3ccccc3c2)C2=C1C(=O)CC(c1ccccc1)C2. The maximum atomic E-state index is 13.9. The summed E-state index contributed by atoms with van der Waals surface area (Å²) in [5.74, 6) is 0.536. The van der Waals surface area contributed by atoms with Gasteiger partial charge in [-0.2, -0.15) is 0 Å². The van der Waals surface area contributed by atoms with E-state index in [2.05, 4.69) is 30.3 Å². The molecule has 1 aliphatic heterocycles. The fourth-order valence-corrected chi connectivity index (χ4v) is 5.83. The van der Waals surface area contributed by atoms with Gasteiger partial charge in [0.15, 0.2) is 5.78 Å². The Morgan fingerprint density at radius 1 is 0.750 bits per heavy atom. The van der Waals surface area contributed by atoms with Gasteiger partial charge < -0.3 is 4.74 Å². The maximum Gasteiger partial charge on any atom is 0.232 e. The molecule has 4 nitrogen and oxygen atoms in total. The van der Waals surface area contributed by atoms with Gasteiger partial charge in [-0.1, -0.05) is 78.9 Å². The zero-order valence-electron chi connectivity index (χ0n) is 20.2. The van der Waals surface area contributed by atoms with Crippen molar-refractivity contribution in [2.45, 2.75) is 31.1 Å². The van der Waals surface area contributed by atoms with Crippen LogP contribution in [-0.2, 0) is 9.59 Å². The molecule has 4 aromatic carbocycles. The summed E-state index contributed by atoms with van der Waals surface area (Å²) < 4.78 is 5.64. The Labute approximate surface area is 210 Å². The number of anilines is 1. The third kappa shape index (κ3) is 3.79. The number of hydrogen-bond donors (Lipinski definition) is 0. The molecule has 0 aromatic heterocycles. The lowest BCUT2D eigenvalue weighted by atomic mass is 9.72. The van der Waals surface area contributed by atoms with E-state index in [9.17, 15) is 9.59 Å². The number of methoxy groups -OCH3 is 1. The molecule has 0 bridgehead atoms. The molecule has 2 unspecified atom stereocenters. The maximum absolute atomic E-state index is 13.9. The van der Waals surface area contributed by atoms with Crippen LogP contribution in [0.1, 0.15) is 42.2 Å². The largest absolute Gasteiger partial charge is 0.496 e. The monoisotopic (exact) mass is 473 g/mol. The lowest BCUT2D eigenvalue weighted by molar-refractivity contribution is -0.120. The molecular formula is C32H27NO3. The number of fused-ring (bicyclic) bond motifs is 1. The van der Waals surface area contributed by atoms with E-state index in [1.54, 1.807) is 12.0 Å². The van der Waals surface area contributed by atoms with Crippen molar-refractivity contribution < 1.29 is 14.3 Å². The highest BCUT2D eigenvalue weighted by molar-refractivity contribution is 6.08. The van der Waals surface area contributed by atoms with Crippen LogP contribution in [0.2, 0.25) is 0 Å². The number of ether oxygens (including phenoxy) is 1. The molecular weight excluding hydrogens is 446 g/mol. The van der Waals surface area contributed by atoms with Crippen molar-refractivity contribution in [2.24, 2.45) is 0 Å². The number of carbonyl (C=O) groups is 2. The third-order valence-electron chi connectivity index (χ3n) is 7.51. The second-order valence-electron chi connectivity index (χ2n) is 9.56. The van der Waals surface area contributed by atoms with Gasteiger partial charge in [0, 0.05) is 41.3 Å². The highest BCUT2D eigenvalue weighted by Crippen LogP contribution is 2.48. The summed E-state index contributed by atoms with van der Waals surface area (Å²) in [7, 11) is 1.63. The Hall–Kier alpha value is -4.18.